The molecule has 0 aliphatic heterocycles. The van der Waals surface area contributed by atoms with Gasteiger partial charge < -0.3 is 4.74 Å². The van der Waals surface area contributed by atoms with E-state index in [0.29, 0.717) is 4.34 Å². The minimum atomic E-state index is -3.83. The van der Waals surface area contributed by atoms with Crippen LogP contribution in [0, 0.1) is 0 Å². The molecule has 0 amide bonds. The fraction of sp³-hybridized carbons (Fsp3) is 0.583. The highest BCUT2D eigenvalue weighted by Crippen LogP contribution is 2.34. The molecule has 0 unspecified atom stereocenters. The van der Waals surface area contributed by atoms with Crippen LogP contribution in [0.5, 0.6) is 0 Å². The summed E-state index contributed by atoms with van der Waals surface area (Å²) >= 11 is 6.52. The van der Waals surface area contributed by atoms with Crippen LogP contribution in [0.2, 0.25) is 4.34 Å². The number of halogens is 3. The fourth-order valence-corrected chi connectivity index (χ4v) is 4.52. The lowest BCUT2D eigenvalue weighted by atomic mass is 9.94. The van der Waals surface area contributed by atoms with Crippen LogP contribution in [0.3, 0.4) is 0 Å². The van der Waals surface area contributed by atoms with Crippen molar-refractivity contribution in [3.8, 4) is 0 Å². The first kappa shape index (κ1) is 17.6. The molecule has 0 radical (unpaired) electrons. The van der Waals surface area contributed by atoms with Gasteiger partial charge in [0.1, 0.15) is 16.9 Å². The fourth-order valence-electron chi connectivity index (χ4n) is 2.03. The second-order valence-electron chi connectivity index (χ2n) is 4.93. The number of rotatable bonds is 5. The van der Waals surface area contributed by atoms with Crippen molar-refractivity contribution in [3.63, 3.8) is 0 Å². The average Bonchev–Trinajstić information content (AvgIpc) is 2.87. The third kappa shape index (κ3) is 4.87. The van der Waals surface area contributed by atoms with Gasteiger partial charge in [0.05, 0.1) is 4.34 Å². The quantitative estimate of drug-likeness (QED) is 0.805. The van der Waals surface area contributed by atoms with E-state index in [9.17, 15) is 22.0 Å². The molecule has 5 nitrogen and oxygen atoms in total. The van der Waals surface area contributed by atoms with E-state index in [-0.39, 0.29) is 29.9 Å². The zero-order valence-corrected chi connectivity index (χ0v) is 13.7. The number of nitrogens with one attached hydrogen (secondary N) is 1. The Kier molecular flexibility index (Phi) is 5.41. The van der Waals surface area contributed by atoms with E-state index < -0.39 is 34.6 Å². The monoisotopic (exact) mass is 373 g/mol. The summed E-state index contributed by atoms with van der Waals surface area (Å²) in [5.74, 6) is -3.50. The molecule has 0 aromatic carbocycles. The van der Waals surface area contributed by atoms with Crippen LogP contribution >= 0.6 is 22.9 Å². The predicted molar refractivity (Wildman–Crippen MR) is 77.8 cm³/mol. The molecule has 0 saturated heterocycles. The number of hydrogen-bond acceptors (Lipinski definition) is 5. The summed E-state index contributed by atoms with van der Waals surface area (Å²) in [4.78, 5) is 11.6. The first-order valence-electron chi connectivity index (χ1n) is 6.50. The average molecular weight is 374 g/mol. The van der Waals surface area contributed by atoms with Gasteiger partial charge in [-0.15, -0.1) is 11.3 Å². The van der Waals surface area contributed by atoms with Gasteiger partial charge in [0.15, 0.2) is 0 Å². The van der Waals surface area contributed by atoms with Gasteiger partial charge in [-0.05, 0) is 25.0 Å². The molecule has 0 atom stereocenters. The molecule has 1 aromatic rings. The lowest BCUT2D eigenvalue weighted by Gasteiger charge is -2.27. The number of carbonyl (C=O) groups excluding carboxylic acids is 1. The molecule has 2 rings (SSSR count). The second-order valence-corrected chi connectivity index (χ2v) is 8.64. The SMILES string of the molecule is O=C(CNS(=O)(=O)c1ccc(Cl)s1)OC1CCC(F)(F)CC1. The zero-order chi connectivity index (χ0) is 16.4. The summed E-state index contributed by atoms with van der Waals surface area (Å²) in [5, 5.41) is 0. The van der Waals surface area contributed by atoms with Crippen molar-refractivity contribution in [1.82, 2.24) is 4.72 Å². The molecule has 1 saturated carbocycles. The Morgan fingerprint density at radius 2 is 2.05 bits per heavy atom. The van der Waals surface area contributed by atoms with E-state index in [1.165, 1.54) is 12.1 Å². The first-order chi connectivity index (χ1) is 10.2. The Hall–Kier alpha value is -0.770. The Balaban J connectivity index is 1.81. The van der Waals surface area contributed by atoms with Crippen molar-refractivity contribution in [3.05, 3.63) is 16.5 Å². The van der Waals surface area contributed by atoms with Crippen molar-refractivity contribution < 1.29 is 26.7 Å². The largest absolute Gasteiger partial charge is 0.461 e. The maximum absolute atomic E-state index is 13.0. The number of thiophene rings is 1. The van der Waals surface area contributed by atoms with Crippen LogP contribution in [0.4, 0.5) is 8.78 Å². The van der Waals surface area contributed by atoms with E-state index >= 15 is 0 Å². The van der Waals surface area contributed by atoms with Gasteiger partial charge >= 0.3 is 5.97 Å². The van der Waals surface area contributed by atoms with Crippen LogP contribution in [0.15, 0.2) is 16.3 Å². The smallest absolute Gasteiger partial charge is 0.321 e. The minimum Gasteiger partial charge on any atom is -0.461 e. The molecule has 1 aromatic heterocycles. The van der Waals surface area contributed by atoms with Crippen LogP contribution in [-0.2, 0) is 19.6 Å². The van der Waals surface area contributed by atoms with E-state index in [0.717, 1.165) is 11.3 Å². The molecule has 1 aliphatic rings. The second kappa shape index (κ2) is 6.77. The van der Waals surface area contributed by atoms with Crippen molar-refractivity contribution in [2.24, 2.45) is 0 Å². The van der Waals surface area contributed by atoms with Crippen molar-refractivity contribution in [2.75, 3.05) is 6.54 Å². The standard InChI is InChI=1S/C12H14ClF2NO4S2/c13-9-1-2-11(21-9)22(18,19)16-7-10(17)20-8-3-5-12(14,15)6-4-8/h1-2,8,16H,3-7H2. The van der Waals surface area contributed by atoms with Crippen molar-refractivity contribution >= 4 is 38.9 Å². The Labute approximate surface area is 135 Å². The number of ether oxygens (including phenoxy) is 1. The lowest BCUT2D eigenvalue weighted by molar-refractivity contribution is -0.153. The summed E-state index contributed by atoms with van der Waals surface area (Å²) < 4.78 is 57.1. The highest BCUT2D eigenvalue weighted by molar-refractivity contribution is 7.91. The molecule has 1 fully saturated rings. The van der Waals surface area contributed by atoms with E-state index in [4.69, 9.17) is 16.3 Å². The molecular weight excluding hydrogens is 360 g/mol. The number of hydrogen-bond donors (Lipinski definition) is 1. The van der Waals surface area contributed by atoms with Crippen LogP contribution in [-0.4, -0.2) is 33.0 Å². The predicted octanol–water partition coefficient (Wildman–Crippen LogP) is 2.80. The molecule has 10 heteroatoms. The van der Waals surface area contributed by atoms with Gasteiger partial charge in [-0.3, -0.25) is 4.79 Å². The summed E-state index contributed by atoms with van der Waals surface area (Å²) in [6.45, 7) is -0.551. The van der Waals surface area contributed by atoms with Crippen molar-refractivity contribution in [2.45, 2.75) is 41.9 Å². The van der Waals surface area contributed by atoms with Crippen molar-refractivity contribution in [1.29, 1.82) is 0 Å². The third-order valence-corrected chi connectivity index (χ3v) is 6.31. The molecule has 1 heterocycles. The van der Waals surface area contributed by atoms with Gasteiger partial charge in [-0.1, -0.05) is 11.6 Å². The zero-order valence-electron chi connectivity index (χ0n) is 11.4. The topological polar surface area (TPSA) is 72.5 Å². The molecule has 124 valence electrons. The van der Waals surface area contributed by atoms with Crippen LogP contribution in [0.25, 0.3) is 0 Å². The van der Waals surface area contributed by atoms with E-state index in [2.05, 4.69) is 4.72 Å². The maximum atomic E-state index is 13.0. The molecule has 0 bridgehead atoms. The van der Waals surface area contributed by atoms with Gasteiger partial charge in [0.2, 0.25) is 5.92 Å². The molecule has 22 heavy (non-hydrogen) atoms. The first-order valence-corrected chi connectivity index (χ1v) is 9.18. The number of alkyl halides is 2. The minimum absolute atomic E-state index is 0.0115. The van der Waals surface area contributed by atoms with E-state index in [1.54, 1.807) is 0 Å². The maximum Gasteiger partial charge on any atom is 0.321 e. The molecule has 1 N–H and O–H groups in total. The van der Waals surface area contributed by atoms with Crippen LogP contribution < -0.4 is 4.72 Å². The molecular formula is C12H14ClF2NO4S2. The van der Waals surface area contributed by atoms with Gasteiger partial charge in [-0.25, -0.2) is 17.2 Å². The normalized spacial score (nSPS) is 19.0. The Morgan fingerprint density at radius 3 is 2.59 bits per heavy atom. The summed E-state index contributed by atoms with van der Waals surface area (Å²) in [7, 11) is -3.83. The van der Waals surface area contributed by atoms with E-state index in [1.807, 2.05) is 0 Å². The Bertz CT molecular complexity index is 637. The number of sulfonamides is 1. The van der Waals surface area contributed by atoms with Gasteiger partial charge in [-0.2, -0.15) is 4.72 Å². The number of carbonyl (C=O) groups is 1. The lowest BCUT2D eigenvalue weighted by Crippen LogP contribution is -2.35. The highest BCUT2D eigenvalue weighted by Gasteiger charge is 2.36. The molecule has 1 aliphatic carbocycles. The summed E-state index contributed by atoms with van der Waals surface area (Å²) in [5.41, 5.74) is 0. The van der Waals surface area contributed by atoms with Gasteiger partial charge in [0, 0.05) is 12.8 Å². The summed E-state index contributed by atoms with van der Waals surface area (Å²) in [6, 6.07) is 2.76. The van der Waals surface area contributed by atoms with Crippen LogP contribution in [0.1, 0.15) is 25.7 Å². The highest BCUT2D eigenvalue weighted by atomic mass is 35.5. The van der Waals surface area contributed by atoms with Gasteiger partial charge in [0.25, 0.3) is 10.0 Å². The molecule has 0 spiro atoms. The third-order valence-electron chi connectivity index (χ3n) is 3.18. The Morgan fingerprint density at radius 1 is 1.41 bits per heavy atom. The summed E-state index contributed by atoms with van der Waals surface area (Å²) in [6.07, 6.45) is -1.10. The number of esters is 1.